The second kappa shape index (κ2) is 6.68. The van der Waals surface area contributed by atoms with Crippen molar-refractivity contribution in [1.82, 2.24) is 5.32 Å². The Labute approximate surface area is 144 Å². The molecule has 1 atom stereocenters. The summed E-state index contributed by atoms with van der Waals surface area (Å²) in [4.78, 5) is 24.2. The highest BCUT2D eigenvalue weighted by atomic mass is 16.5. The summed E-state index contributed by atoms with van der Waals surface area (Å²) >= 11 is 0. The molecule has 0 aromatic heterocycles. The van der Waals surface area contributed by atoms with E-state index in [0.717, 1.165) is 0 Å². The van der Waals surface area contributed by atoms with Crippen molar-refractivity contribution in [2.75, 3.05) is 14.2 Å². The first-order valence-electron chi connectivity index (χ1n) is 7.62. The lowest BCUT2D eigenvalue weighted by Gasteiger charge is -2.14. The fourth-order valence-electron chi connectivity index (χ4n) is 2.80. The van der Waals surface area contributed by atoms with Crippen LogP contribution in [0.3, 0.4) is 0 Å². The molecule has 1 fully saturated rings. The van der Waals surface area contributed by atoms with Gasteiger partial charge in [0.05, 0.1) is 25.8 Å². The third-order valence-corrected chi connectivity index (χ3v) is 4.06. The monoisotopic (exact) mass is 339 g/mol. The van der Waals surface area contributed by atoms with Gasteiger partial charge >= 0.3 is 0 Å². The van der Waals surface area contributed by atoms with Gasteiger partial charge in [0.1, 0.15) is 5.76 Å². The number of ketones is 1. The predicted octanol–water partition coefficient (Wildman–Crippen LogP) is 2.41. The Balaban J connectivity index is 2.12. The lowest BCUT2D eigenvalue weighted by molar-refractivity contribution is -0.133. The quantitative estimate of drug-likeness (QED) is 0.508. The van der Waals surface area contributed by atoms with Gasteiger partial charge in [0.25, 0.3) is 11.7 Å². The van der Waals surface area contributed by atoms with Crippen LogP contribution in [0.15, 0.2) is 54.1 Å². The van der Waals surface area contributed by atoms with Gasteiger partial charge in [-0.25, -0.2) is 0 Å². The molecule has 3 rings (SSSR count). The Morgan fingerprint density at radius 1 is 1.00 bits per heavy atom. The maximum atomic E-state index is 12.3. The number of methoxy groups -OCH3 is 2. The number of hydrogen-bond acceptors (Lipinski definition) is 5. The SMILES string of the molecule is COc1ccc(C(O)=C2C(=O)C(=O)N[C@@H]2c2ccccc2)cc1OC. The number of aliphatic hydroxyl groups is 1. The van der Waals surface area contributed by atoms with Gasteiger partial charge in [-0.05, 0) is 23.8 Å². The van der Waals surface area contributed by atoms with Crippen LogP contribution >= 0.6 is 0 Å². The Morgan fingerprint density at radius 3 is 2.32 bits per heavy atom. The zero-order chi connectivity index (χ0) is 18.0. The summed E-state index contributed by atoms with van der Waals surface area (Å²) in [6.07, 6.45) is 0. The number of benzene rings is 2. The summed E-state index contributed by atoms with van der Waals surface area (Å²) in [5.41, 5.74) is 1.09. The lowest BCUT2D eigenvalue weighted by atomic mass is 9.96. The highest BCUT2D eigenvalue weighted by molar-refractivity contribution is 6.46. The number of aliphatic hydroxyl groups excluding tert-OH is 1. The predicted molar refractivity (Wildman–Crippen MR) is 91.4 cm³/mol. The second-order valence-electron chi connectivity index (χ2n) is 5.48. The highest BCUT2D eigenvalue weighted by Crippen LogP contribution is 2.35. The molecule has 0 radical (unpaired) electrons. The third-order valence-electron chi connectivity index (χ3n) is 4.06. The molecule has 0 bridgehead atoms. The molecule has 0 unspecified atom stereocenters. The number of carbonyl (C=O) groups is 2. The Kier molecular flexibility index (Phi) is 4.43. The largest absolute Gasteiger partial charge is 0.507 e. The third kappa shape index (κ3) is 2.94. The maximum absolute atomic E-state index is 12.3. The molecule has 6 heteroatoms. The molecule has 0 aliphatic carbocycles. The smallest absolute Gasteiger partial charge is 0.293 e. The van der Waals surface area contributed by atoms with Gasteiger partial charge in [0.15, 0.2) is 11.5 Å². The first-order valence-corrected chi connectivity index (χ1v) is 7.62. The van der Waals surface area contributed by atoms with E-state index in [4.69, 9.17) is 9.47 Å². The van der Waals surface area contributed by atoms with Gasteiger partial charge in [-0.3, -0.25) is 9.59 Å². The van der Waals surface area contributed by atoms with Crippen LogP contribution in [0.2, 0.25) is 0 Å². The van der Waals surface area contributed by atoms with Gasteiger partial charge in [0, 0.05) is 5.56 Å². The van der Waals surface area contributed by atoms with Crippen molar-refractivity contribution in [3.05, 3.63) is 65.2 Å². The van der Waals surface area contributed by atoms with E-state index in [0.29, 0.717) is 22.6 Å². The van der Waals surface area contributed by atoms with E-state index >= 15 is 0 Å². The normalized spacial score (nSPS) is 18.7. The number of amides is 1. The molecule has 2 N–H and O–H groups in total. The second-order valence-corrected chi connectivity index (χ2v) is 5.48. The molecule has 1 aliphatic heterocycles. The summed E-state index contributed by atoms with van der Waals surface area (Å²) in [7, 11) is 2.98. The van der Waals surface area contributed by atoms with Crippen molar-refractivity contribution < 1.29 is 24.2 Å². The molecule has 1 amide bonds. The van der Waals surface area contributed by atoms with Gasteiger partial charge in [-0.1, -0.05) is 30.3 Å². The summed E-state index contributed by atoms with van der Waals surface area (Å²) in [5.74, 6) is -0.848. The van der Waals surface area contributed by atoms with Crippen LogP contribution in [0.4, 0.5) is 0 Å². The van der Waals surface area contributed by atoms with E-state index < -0.39 is 17.7 Å². The van der Waals surface area contributed by atoms with E-state index in [9.17, 15) is 14.7 Å². The number of Topliss-reactive ketones (excluding diaryl/α,β-unsaturated/α-hetero) is 1. The standard InChI is InChI=1S/C19H17NO5/c1-24-13-9-8-12(10-14(13)25-2)17(21)15-16(20-19(23)18(15)22)11-6-4-3-5-7-11/h3-10,16,21H,1-2H3,(H,20,23)/t16-/m1/s1. The molecule has 2 aromatic carbocycles. The van der Waals surface area contributed by atoms with E-state index in [1.807, 2.05) is 6.07 Å². The minimum Gasteiger partial charge on any atom is -0.507 e. The number of hydrogen-bond donors (Lipinski definition) is 2. The zero-order valence-corrected chi connectivity index (χ0v) is 13.8. The lowest BCUT2D eigenvalue weighted by Crippen LogP contribution is -2.21. The molecule has 2 aromatic rings. The molecular formula is C19H17NO5. The summed E-state index contributed by atoms with van der Waals surface area (Å²) < 4.78 is 10.4. The zero-order valence-electron chi connectivity index (χ0n) is 13.8. The van der Waals surface area contributed by atoms with E-state index in [1.165, 1.54) is 14.2 Å². The fourth-order valence-corrected chi connectivity index (χ4v) is 2.80. The molecule has 25 heavy (non-hydrogen) atoms. The van der Waals surface area contributed by atoms with E-state index in [1.54, 1.807) is 42.5 Å². The van der Waals surface area contributed by atoms with Crippen LogP contribution in [0, 0.1) is 0 Å². The molecule has 1 saturated heterocycles. The highest BCUT2D eigenvalue weighted by Gasteiger charge is 2.39. The molecular weight excluding hydrogens is 322 g/mol. The molecule has 6 nitrogen and oxygen atoms in total. The Morgan fingerprint density at radius 2 is 1.68 bits per heavy atom. The van der Waals surface area contributed by atoms with Gasteiger partial charge in [-0.2, -0.15) is 0 Å². The number of rotatable bonds is 4. The topological polar surface area (TPSA) is 84.9 Å². The fraction of sp³-hybridized carbons (Fsp3) is 0.158. The van der Waals surface area contributed by atoms with Crippen molar-refractivity contribution >= 4 is 17.4 Å². The number of ether oxygens (including phenoxy) is 2. The molecule has 1 heterocycles. The number of carbonyl (C=O) groups excluding carboxylic acids is 2. The minimum atomic E-state index is -0.749. The summed E-state index contributed by atoms with van der Waals surface area (Å²) in [5, 5.41) is 13.3. The first kappa shape index (κ1) is 16.6. The van der Waals surface area contributed by atoms with Gasteiger partial charge < -0.3 is 19.9 Å². The van der Waals surface area contributed by atoms with Crippen LogP contribution < -0.4 is 14.8 Å². The van der Waals surface area contributed by atoms with Crippen LogP contribution in [0.25, 0.3) is 5.76 Å². The van der Waals surface area contributed by atoms with Gasteiger partial charge in [-0.15, -0.1) is 0 Å². The van der Waals surface area contributed by atoms with Gasteiger partial charge in [0.2, 0.25) is 0 Å². The molecule has 0 saturated carbocycles. The van der Waals surface area contributed by atoms with Crippen LogP contribution in [0.5, 0.6) is 11.5 Å². The summed E-state index contributed by atoms with van der Waals surface area (Å²) in [6, 6.07) is 13.1. The molecule has 0 spiro atoms. The van der Waals surface area contributed by atoms with Crippen molar-refractivity contribution in [3.8, 4) is 11.5 Å². The molecule has 128 valence electrons. The Hall–Kier alpha value is -3.28. The first-order chi connectivity index (χ1) is 12.1. The van der Waals surface area contributed by atoms with Crippen molar-refractivity contribution in [2.45, 2.75) is 6.04 Å². The van der Waals surface area contributed by atoms with E-state index in [-0.39, 0.29) is 11.3 Å². The minimum absolute atomic E-state index is 0.0171. The van der Waals surface area contributed by atoms with Crippen LogP contribution in [-0.2, 0) is 9.59 Å². The Bertz CT molecular complexity index is 857. The maximum Gasteiger partial charge on any atom is 0.293 e. The van der Waals surface area contributed by atoms with Crippen molar-refractivity contribution in [2.24, 2.45) is 0 Å². The van der Waals surface area contributed by atoms with Crippen LogP contribution in [-0.4, -0.2) is 31.0 Å². The molecule has 1 aliphatic rings. The summed E-state index contributed by atoms with van der Waals surface area (Å²) in [6.45, 7) is 0. The van der Waals surface area contributed by atoms with Crippen LogP contribution in [0.1, 0.15) is 17.2 Å². The van der Waals surface area contributed by atoms with Crippen molar-refractivity contribution in [3.63, 3.8) is 0 Å². The van der Waals surface area contributed by atoms with E-state index in [2.05, 4.69) is 5.32 Å². The average Bonchev–Trinajstić information content (AvgIpc) is 2.96. The average molecular weight is 339 g/mol. The van der Waals surface area contributed by atoms with Crippen molar-refractivity contribution in [1.29, 1.82) is 0 Å². The number of nitrogens with one attached hydrogen (secondary N) is 1.